The van der Waals surface area contributed by atoms with E-state index in [1.54, 1.807) is 48.5 Å². The minimum Gasteiger partial charge on any atom is -0.493 e. The molecule has 0 saturated heterocycles. The molecule has 0 unspecified atom stereocenters. The Morgan fingerprint density at radius 3 is 2.37 bits per heavy atom. The van der Waals surface area contributed by atoms with Gasteiger partial charge in [-0.25, -0.2) is 0 Å². The van der Waals surface area contributed by atoms with Gasteiger partial charge >= 0.3 is 0 Å². The van der Waals surface area contributed by atoms with E-state index in [0.29, 0.717) is 27.0 Å². The Labute approximate surface area is 216 Å². The van der Waals surface area contributed by atoms with Gasteiger partial charge in [0.2, 0.25) is 0 Å². The number of methoxy groups -OCH3 is 1. The normalized spacial score (nSPS) is 10.8. The smallest absolute Gasteiger partial charge is 0.266 e. The summed E-state index contributed by atoms with van der Waals surface area (Å²) in [5.74, 6) is -0.712. The average Bonchev–Trinajstić information content (AvgIpc) is 2.84. The van der Waals surface area contributed by atoms with Crippen LogP contribution in [0.25, 0.3) is 6.08 Å². The molecule has 35 heavy (non-hydrogen) atoms. The predicted octanol–water partition coefficient (Wildman–Crippen LogP) is 6.22. The molecule has 0 saturated carbocycles. The first-order valence-electron chi connectivity index (χ1n) is 10.0. The Bertz CT molecular complexity index is 1320. The van der Waals surface area contributed by atoms with Crippen LogP contribution in [0.2, 0.25) is 15.1 Å². The molecule has 0 aliphatic heterocycles. The molecule has 0 aliphatic carbocycles. The third-order valence-electron chi connectivity index (χ3n) is 4.53. The van der Waals surface area contributed by atoms with Gasteiger partial charge in [-0.3, -0.25) is 9.59 Å². The highest BCUT2D eigenvalue weighted by Crippen LogP contribution is 2.37. The molecule has 10 heteroatoms. The molecule has 178 valence electrons. The average molecular weight is 531 g/mol. The minimum absolute atomic E-state index is 0.124. The van der Waals surface area contributed by atoms with Gasteiger partial charge in [0.15, 0.2) is 18.1 Å². The summed E-state index contributed by atoms with van der Waals surface area (Å²) in [4.78, 5) is 24.8. The van der Waals surface area contributed by atoms with Crippen LogP contribution in [0.5, 0.6) is 11.5 Å². The fraction of sp³-hybridized carbons (Fsp3) is 0.0800. The summed E-state index contributed by atoms with van der Waals surface area (Å²) in [7, 11) is 1.40. The fourth-order valence-corrected chi connectivity index (χ4v) is 3.48. The van der Waals surface area contributed by atoms with Crippen molar-refractivity contribution >= 4 is 64.1 Å². The fourth-order valence-electron chi connectivity index (χ4n) is 2.90. The quantitative estimate of drug-likeness (QED) is 0.266. The first kappa shape index (κ1) is 25.9. The molecular weight excluding hydrogens is 513 g/mol. The van der Waals surface area contributed by atoms with Crippen LogP contribution >= 0.6 is 34.8 Å². The molecule has 3 aromatic rings. The number of hydrogen-bond acceptors (Lipinski definition) is 5. The van der Waals surface area contributed by atoms with Crippen LogP contribution in [0.15, 0.2) is 66.2 Å². The van der Waals surface area contributed by atoms with Crippen molar-refractivity contribution in [3.63, 3.8) is 0 Å². The monoisotopic (exact) mass is 529 g/mol. The molecule has 0 aromatic heterocycles. The number of nitrogens with one attached hydrogen (secondary N) is 2. The van der Waals surface area contributed by atoms with Crippen LogP contribution < -0.4 is 20.1 Å². The highest BCUT2D eigenvalue weighted by atomic mass is 35.5. The van der Waals surface area contributed by atoms with E-state index in [1.165, 1.54) is 25.3 Å². The van der Waals surface area contributed by atoms with E-state index >= 15 is 0 Å². The zero-order chi connectivity index (χ0) is 25.4. The maximum Gasteiger partial charge on any atom is 0.266 e. The molecular formula is C25H18Cl3N3O4. The Hall–Kier alpha value is -3.70. The molecule has 3 rings (SSSR count). The van der Waals surface area contributed by atoms with Gasteiger partial charge in [0.05, 0.1) is 22.8 Å². The number of nitrogens with zero attached hydrogens (tertiary/aromatic N) is 1. The molecule has 0 bridgehead atoms. The third kappa shape index (κ3) is 7.14. The Balaban J connectivity index is 1.74. The first-order chi connectivity index (χ1) is 16.8. The van der Waals surface area contributed by atoms with Crippen LogP contribution in [0.4, 0.5) is 11.4 Å². The van der Waals surface area contributed by atoms with Crippen molar-refractivity contribution in [2.75, 3.05) is 24.4 Å². The SMILES string of the molecule is COc1cc(/C=C(\C#N)C(=O)Nc2ccccc2Cl)cc(Cl)c1OCC(=O)Nc1ccc(Cl)cc1. The summed E-state index contributed by atoms with van der Waals surface area (Å²) in [6.07, 6.45) is 1.34. The number of anilines is 2. The Morgan fingerprint density at radius 1 is 1.00 bits per heavy atom. The number of para-hydroxylation sites is 1. The van der Waals surface area contributed by atoms with E-state index in [-0.39, 0.29) is 28.7 Å². The van der Waals surface area contributed by atoms with E-state index in [0.717, 1.165) is 0 Å². The van der Waals surface area contributed by atoms with Gasteiger partial charge in [-0.15, -0.1) is 0 Å². The van der Waals surface area contributed by atoms with Crippen LogP contribution in [0.3, 0.4) is 0 Å². The number of halogens is 3. The predicted molar refractivity (Wildman–Crippen MR) is 137 cm³/mol. The maximum atomic E-state index is 12.6. The maximum absolute atomic E-state index is 12.6. The highest BCUT2D eigenvalue weighted by molar-refractivity contribution is 6.34. The molecule has 0 fully saturated rings. The molecule has 3 aromatic carbocycles. The lowest BCUT2D eigenvalue weighted by Crippen LogP contribution is -2.20. The van der Waals surface area contributed by atoms with E-state index in [9.17, 15) is 14.9 Å². The highest BCUT2D eigenvalue weighted by Gasteiger charge is 2.16. The van der Waals surface area contributed by atoms with E-state index in [1.807, 2.05) is 6.07 Å². The van der Waals surface area contributed by atoms with Crippen molar-refractivity contribution in [2.24, 2.45) is 0 Å². The number of rotatable bonds is 8. The van der Waals surface area contributed by atoms with Gasteiger partial charge in [0.1, 0.15) is 11.6 Å². The second kappa shape index (κ2) is 12.1. The molecule has 0 aliphatic rings. The molecule has 0 spiro atoms. The summed E-state index contributed by atoms with van der Waals surface area (Å²) in [6, 6.07) is 18.1. The summed E-state index contributed by atoms with van der Waals surface area (Å²) >= 11 is 18.2. The Kier molecular flexibility index (Phi) is 8.98. The van der Waals surface area contributed by atoms with E-state index in [2.05, 4.69) is 10.6 Å². The second-order valence-corrected chi connectivity index (χ2v) is 8.23. The number of carbonyl (C=O) groups excluding carboxylic acids is 2. The summed E-state index contributed by atoms with van der Waals surface area (Å²) < 4.78 is 10.9. The summed E-state index contributed by atoms with van der Waals surface area (Å²) in [5.41, 5.74) is 1.16. The van der Waals surface area contributed by atoms with Gasteiger partial charge < -0.3 is 20.1 Å². The van der Waals surface area contributed by atoms with Gasteiger partial charge in [0.25, 0.3) is 11.8 Å². The minimum atomic E-state index is -0.644. The van der Waals surface area contributed by atoms with Crippen LogP contribution in [-0.4, -0.2) is 25.5 Å². The molecule has 0 radical (unpaired) electrons. The van der Waals surface area contributed by atoms with Crippen molar-refractivity contribution in [1.82, 2.24) is 0 Å². The largest absolute Gasteiger partial charge is 0.493 e. The Morgan fingerprint density at radius 2 is 1.71 bits per heavy atom. The zero-order valence-electron chi connectivity index (χ0n) is 18.3. The zero-order valence-corrected chi connectivity index (χ0v) is 20.5. The van der Waals surface area contributed by atoms with Crippen molar-refractivity contribution in [3.05, 3.63) is 86.9 Å². The third-order valence-corrected chi connectivity index (χ3v) is 5.39. The van der Waals surface area contributed by atoms with Crippen molar-refractivity contribution in [2.45, 2.75) is 0 Å². The van der Waals surface area contributed by atoms with Gasteiger partial charge in [-0.2, -0.15) is 5.26 Å². The second-order valence-electron chi connectivity index (χ2n) is 6.98. The lowest BCUT2D eigenvalue weighted by Gasteiger charge is -2.13. The standard InChI is InChI=1S/C25H18Cl3N3O4/c1-34-22-12-15(10-16(13-29)25(33)31-21-5-3-2-4-19(21)27)11-20(28)24(22)35-14-23(32)30-18-8-6-17(26)7-9-18/h2-12H,14H2,1H3,(H,30,32)(H,31,33)/b16-10+. The number of benzene rings is 3. The van der Waals surface area contributed by atoms with Crippen molar-refractivity contribution in [3.8, 4) is 17.6 Å². The molecule has 2 N–H and O–H groups in total. The van der Waals surface area contributed by atoms with Crippen molar-refractivity contribution < 1.29 is 19.1 Å². The van der Waals surface area contributed by atoms with E-state index < -0.39 is 11.8 Å². The number of nitriles is 1. The number of ether oxygens (including phenoxy) is 2. The van der Waals surface area contributed by atoms with Gasteiger partial charge in [-0.05, 0) is 60.2 Å². The van der Waals surface area contributed by atoms with Gasteiger partial charge in [0, 0.05) is 10.7 Å². The van der Waals surface area contributed by atoms with Crippen LogP contribution in [-0.2, 0) is 9.59 Å². The topological polar surface area (TPSA) is 100 Å². The lowest BCUT2D eigenvalue weighted by molar-refractivity contribution is -0.118. The summed E-state index contributed by atoms with van der Waals surface area (Å²) in [6.45, 7) is -0.336. The molecule has 7 nitrogen and oxygen atoms in total. The summed E-state index contributed by atoms with van der Waals surface area (Å²) in [5, 5.41) is 15.8. The number of carbonyl (C=O) groups is 2. The van der Waals surface area contributed by atoms with Crippen LogP contribution in [0.1, 0.15) is 5.56 Å². The molecule has 0 atom stereocenters. The van der Waals surface area contributed by atoms with Crippen molar-refractivity contribution in [1.29, 1.82) is 5.26 Å². The molecule has 0 heterocycles. The van der Waals surface area contributed by atoms with Crippen LogP contribution in [0, 0.1) is 11.3 Å². The molecule has 2 amide bonds. The number of amides is 2. The lowest BCUT2D eigenvalue weighted by atomic mass is 10.1. The first-order valence-corrected chi connectivity index (χ1v) is 11.2. The number of hydrogen-bond donors (Lipinski definition) is 2. The van der Waals surface area contributed by atoms with Gasteiger partial charge in [-0.1, -0.05) is 46.9 Å². The van der Waals surface area contributed by atoms with E-state index in [4.69, 9.17) is 44.3 Å².